The molecule has 0 aromatic heterocycles. The van der Waals surface area contributed by atoms with Crippen LogP contribution in [-0.2, 0) is 4.74 Å². The third-order valence-corrected chi connectivity index (χ3v) is 2.95. The number of hydrogen-bond donors (Lipinski definition) is 2. The molecule has 1 heterocycles. The summed E-state index contributed by atoms with van der Waals surface area (Å²) >= 11 is 0. The summed E-state index contributed by atoms with van der Waals surface area (Å²) in [5.41, 5.74) is -0.345. The highest BCUT2D eigenvalue weighted by Gasteiger charge is 2.25. The van der Waals surface area contributed by atoms with E-state index in [9.17, 15) is 14.0 Å². The molecule has 0 spiro atoms. The Hall–Kier alpha value is -2.66. The third kappa shape index (κ3) is 3.46. The SMILES string of the molecule is N#CC1CN(C(=O)Nc2ccc(F)cc2C(=O)O)CCO1. The Morgan fingerprint density at radius 3 is 2.95 bits per heavy atom. The Balaban J connectivity index is 2.13. The first-order chi connectivity index (χ1) is 10.0. The van der Waals surface area contributed by atoms with Gasteiger partial charge in [0.1, 0.15) is 5.82 Å². The lowest BCUT2D eigenvalue weighted by atomic mass is 10.1. The van der Waals surface area contributed by atoms with E-state index in [1.54, 1.807) is 0 Å². The van der Waals surface area contributed by atoms with E-state index in [4.69, 9.17) is 15.1 Å². The number of ether oxygens (including phenoxy) is 1. The van der Waals surface area contributed by atoms with Crippen LogP contribution in [-0.4, -0.2) is 47.8 Å². The van der Waals surface area contributed by atoms with E-state index in [1.165, 1.54) is 11.0 Å². The maximum atomic E-state index is 13.1. The fraction of sp³-hybridized carbons (Fsp3) is 0.308. The summed E-state index contributed by atoms with van der Waals surface area (Å²) in [5.74, 6) is -2.05. The van der Waals surface area contributed by atoms with E-state index in [0.29, 0.717) is 0 Å². The van der Waals surface area contributed by atoms with Crippen LogP contribution in [0.2, 0.25) is 0 Å². The fourth-order valence-electron chi connectivity index (χ4n) is 1.91. The van der Waals surface area contributed by atoms with Crippen LogP contribution in [0.4, 0.5) is 14.9 Å². The van der Waals surface area contributed by atoms with Gasteiger partial charge >= 0.3 is 12.0 Å². The van der Waals surface area contributed by atoms with Gasteiger partial charge in [-0.15, -0.1) is 0 Å². The van der Waals surface area contributed by atoms with Crippen LogP contribution in [0.3, 0.4) is 0 Å². The van der Waals surface area contributed by atoms with Crippen LogP contribution in [0.1, 0.15) is 10.4 Å². The van der Waals surface area contributed by atoms with Crippen molar-refractivity contribution in [1.29, 1.82) is 5.26 Å². The number of carbonyl (C=O) groups is 2. The van der Waals surface area contributed by atoms with Gasteiger partial charge in [-0.25, -0.2) is 14.0 Å². The highest BCUT2D eigenvalue weighted by molar-refractivity contribution is 6.00. The molecule has 1 aromatic carbocycles. The number of nitrogens with one attached hydrogen (secondary N) is 1. The Morgan fingerprint density at radius 1 is 1.52 bits per heavy atom. The first-order valence-corrected chi connectivity index (χ1v) is 6.11. The van der Waals surface area contributed by atoms with Crippen LogP contribution in [0.25, 0.3) is 0 Å². The van der Waals surface area contributed by atoms with Crippen LogP contribution in [0, 0.1) is 17.1 Å². The first kappa shape index (κ1) is 14.7. The summed E-state index contributed by atoms with van der Waals surface area (Å²) < 4.78 is 18.2. The molecule has 0 radical (unpaired) electrons. The van der Waals surface area contributed by atoms with Crippen molar-refractivity contribution in [1.82, 2.24) is 4.90 Å². The van der Waals surface area contributed by atoms with Crippen molar-refractivity contribution in [2.75, 3.05) is 25.0 Å². The van der Waals surface area contributed by atoms with Gasteiger partial charge in [0, 0.05) is 6.54 Å². The molecule has 7 nitrogen and oxygen atoms in total. The number of halogens is 1. The van der Waals surface area contributed by atoms with Gasteiger partial charge in [0.15, 0.2) is 6.10 Å². The molecule has 21 heavy (non-hydrogen) atoms. The number of nitrogens with zero attached hydrogens (tertiary/aromatic N) is 2. The average Bonchev–Trinajstić information content (AvgIpc) is 2.48. The molecule has 110 valence electrons. The molecule has 8 heteroatoms. The van der Waals surface area contributed by atoms with Crippen LogP contribution in [0.5, 0.6) is 0 Å². The van der Waals surface area contributed by atoms with Gasteiger partial charge in [0.05, 0.1) is 30.5 Å². The second-order valence-corrected chi connectivity index (χ2v) is 4.36. The maximum Gasteiger partial charge on any atom is 0.337 e. The van der Waals surface area contributed by atoms with Gasteiger partial charge in [0.2, 0.25) is 0 Å². The quantitative estimate of drug-likeness (QED) is 0.855. The van der Waals surface area contributed by atoms with Crippen molar-refractivity contribution in [2.24, 2.45) is 0 Å². The number of carbonyl (C=O) groups excluding carboxylic acids is 1. The molecule has 2 N–H and O–H groups in total. The van der Waals surface area contributed by atoms with Gasteiger partial charge in [0.25, 0.3) is 0 Å². The zero-order valence-electron chi connectivity index (χ0n) is 10.9. The molecule has 1 saturated heterocycles. The van der Waals surface area contributed by atoms with Crippen molar-refractivity contribution in [3.8, 4) is 6.07 Å². The van der Waals surface area contributed by atoms with Crippen molar-refractivity contribution in [2.45, 2.75) is 6.10 Å². The zero-order chi connectivity index (χ0) is 15.4. The molecule has 0 saturated carbocycles. The van der Waals surface area contributed by atoms with E-state index in [0.717, 1.165) is 12.1 Å². The lowest BCUT2D eigenvalue weighted by molar-refractivity contribution is 0.0181. The minimum absolute atomic E-state index is 0.00565. The number of aromatic carboxylic acids is 1. The zero-order valence-corrected chi connectivity index (χ0v) is 10.9. The molecule has 0 aliphatic carbocycles. The fourth-order valence-corrected chi connectivity index (χ4v) is 1.91. The number of anilines is 1. The summed E-state index contributed by atoms with van der Waals surface area (Å²) in [5, 5.41) is 20.2. The van der Waals surface area contributed by atoms with Crippen LogP contribution in [0.15, 0.2) is 18.2 Å². The number of carboxylic acids is 1. The second kappa shape index (κ2) is 6.19. The highest BCUT2D eigenvalue weighted by atomic mass is 19.1. The number of nitriles is 1. The highest BCUT2D eigenvalue weighted by Crippen LogP contribution is 2.18. The predicted octanol–water partition coefficient (Wildman–Crippen LogP) is 1.28. The molecule has 0 bridgehead atoms. The lowest BCUT2D eigenvalue weighted by Crippen LogP contribution is -2.47. The van der Waals surface area contributed by atoms with Crippen molar-refractivity contribution >= 4 is 17.7 Å². The number of carboxylic acid groups (broad SMARTS) is 1. The first-order valence-electron chi connectivity index (χ1n) is 6.11. The predicted molar refractivity (Wildman–Crippen MR) is 69.3 cm³/mol. The lowest BCUT2D eigenvalue weighted by Gasteiger charge is -2.29. The molecule has 1 atom stereocenters. The summed E-state index contributed by atoms with van der Waals surface area (Å²) in [6.07, 6.45) is -0.711. The second-order valence-electron chi connectivity index (χ2n) is 4.36. The molecular weight excluding hydrogens is 281 g/mol. The van der Waals surface area contributed by atoms with Gasteiger partial charge in [-0.1, -0.05) is 0 Å². The maximum absolute atomic E-state index is 13.1. The Morgan fingerprint density at radius 2 is 2.29 bits per heavy atom. The van der Waals surface area contributed by atoms with Crippen molar-refractivity contribution < 1.29 is 23.8 Å². The normalized spacial score (nSPS) is 17.9. The molecule has 2 rings (SSSR count). The minimum Gasteiger partial charge on any atom is -0.478 e. The Bertz CT molecular complexity index is 614. The number of benzene rings is 1. The van der Waals surface area contributed by atoms with Gasteiger partial charge in [-0.05, 0) is 18.2 Å². The molecule has 1 aliphatic rings. The summed E-state index contributed by atoms with van der Waals surface area (Å²) in [6.45, 7) is 0.598. The Kier molecular flexibility index (Phi) is 4.35. The minimum atomic E-state index is -1.35. The molecule has 2 amide bonds. The van der Waals surface area contributed by atoms with E-state index in [2.05, 4.69) is 5.32 Å². The summed E-state index contributed by atoms with van der Waals surface area (Å²) in [7, 11) is 0. The van der Waals surface area contributed by atoms with Gasteiger partial charge in [-0.2, -0.15) is 5.26 Å². The topological polar surface area (TPSA) is 103 Å². The molecule has 1 aromatic rings. The van der Waals surface area contributed by atoms with E-state index < -0.39 is 23.9 Å². The van der Waals surface area contributed by atoms with Gasteiger partial charge in [-0.3, -0.25) is 0 Å². The van der Waals surface area contributed by atoms with Crippen molar-refractivity contribution in [3.63, 3.8) is 0 Å². The summed E-state index contributed by atoms with van der Waals surface area (Å²) in [6, 6.07) is 4.40. The molecule has 1 aliphatic heterocycles. The largest absolute Gasteiger partial charge is 0.478 e. The monoisotopic (exact) mass is 293 g/mol. The number of amides is 2. The third-order valence-electron chi connectivity index (χ3n) is 2.95. The van der Waals surface area contributed by atoms with E-state index in [-0.39, 0.29) is 30.9 Å². The standard InChI is InChI=1S/C13H12FN3O4/c14-8-1-2-11(10(5-8)12(18)19)16-13(20)17-3-4-21-9(6-15)7-17/h1-2,5,9H,3-4,7H2,(H,16,20)(H,18,19). The molecule has 1 fully saturated rings. The van der Waals surface area contributed by atoms with E-state index >= 15 is 0 Å². The van der Waals surface area contributed by atoms with Gasteiger partial charge < -0.3 is 20.1 Å². The Labute approximate surface area is 119 Å². The van der Waals surface area contributed by atoms with Crippen molar-refractivity contribution in [3.05, 3.63) is 29.6 Å². The number of rotatable bonds is 2. The number of morpholine rings is 1. The smallest absolute Gasteiger partial charge is 0.337 e. The van der Waals surface area contributed by atoms with Crippen LogP contribution >= 0.6 is 0 Å². The molecule has 1 unspecified atom stereocenters. The van der Waals surface area contributed by atoms with E-state index in [1.807, 2.05) is 6.07 Å². The summed E-state index contributed by atoms with van der Waals surface area (Å²) in [4.78, 5) is 24.4. The van der Waals surface area contributed by atoms with Crippen LogP contribution < -0.4 is 5.32 Å². The molecular formula is C13H12FN3O4. The number of urea groups is 1. The average molecular weight is 293 g/mol. The number of hydrogen-bond acceptors (Lipinski definition) is 4.